The molecule has 22 heavy (non-hydrogen) atoms. The van der Waals surface area contributed by atoms with Crippen LogP contribution in [0.4, 0.5) is 5.69 Å². The number of nitrogens with one attached hydrogen (secondary N) is 1. The Bertz CT molecular complexity index is 670. The zero-order chi connectivity index (χ0) is 16.1. The van der Waals surface area contributed by atoms with Crippen molar-refractivity contribution in [2.75, 3.05) is 5.32 Å². The number of ether oxygens (including phenoxy) is 1. The van der Waals surface area contributed by atoms with Crippen LogP contribution in [-0.4, -0.2) is 12.0 Å². The Morgan fingerprint density at radius 1 is 1.27 bits per heavy atom. The molecular formula is C18H20ClNO2. The summed E-state index contributed by atoms with van der Waals surface area (Å²) in [5.74, 6) is 0.460. The van der Waals surface area contributed by atoms with Gasteiger partial charge in [-0.25, -0.2) is 0 Å². The maximum atomic E-state index is 12.3. The molecular weight excluding hydrogens is 298 g/mol. The van der Waals surface area contributed by atoms with Gasteiger partial charge in [-0.2, -0.15) is 0 Å². The van der Waals surface area contributed by atoms with E-state index >= 15 is 0 Å². The third-order valence-electron chi connectivity index (χ3n) is 3.47. The van der Waals surface area contributed by atoms with E-state index in [-0.39, 0.29) is 5.91 Å². The molecule has 0 fully saturated rings. The second kappa shape index (κ2) is 7.32. The molecule has 0 spiro atoms. The highest BCUT2D eigenvalue weighted by Gasteiger charge is 2.16. The topological polar surface area (TPSA) is 38.3 Å². The van der Waals surface area contributed by atoms with Crippen molar-refractivity contribution in [2.45, 2.75) is 33.3 Å². The van der Waals surface area contributed by atoms with Crippen LogP contribution in [0.2, 0.25) is 5.02 Å². The van der Waals surface area contributed by atoms with Crippen molar-refractivity contribution in [3.05, 3.63) is 58.6 Å². The predicted molar refractivity (Wildman–Crippen MR) is 90.7 cm³/mol. The zero-order valence-electron chi connectivity index (χ0n) is 13.0. The van der Waals surface area contributed by atoms with Crippen LogP contribution < -0.4 is 10.1 Å². The fraction of sp³-hybridized carbons (Fsp3) is 0.278. The van der Waals surface area contributed by atoms with Crippen molar-refractivity contribution in [1.82, 2.24) is 0 Å². The molecule has 1 amide bonds. The Kier molecular flexibility index (Phi) is 5.45. The van der Waals surface area contributed by atoms with E-state index in [1.54, 1.807) is 19.1 Å². The third kappa shape index (κ3) is 4.01. The van der Waals surface area contributed by atoms with Crippen molar-refractivity contribution in [3.8, 4) is 5.75 Å². The monoisotopic (exact) mass is 317 g/mol. The fourth-order valence-corrected chi connectivity index (χ4v) is 2.25. The first-order valence-electron chi connectivity index (χ1n) is 7.33. The molecule has 0 saturated heterocycles. The van der Waals surface area contributed by atoms with Crippen LogP contribution in [0.1, 0.15) is 25.0 Å². The van der Waals surface area contributed by atoms with E-state index in [1.807, 2.05) is 37.3 Å². The fourth-order valence-electron chi connectivity index (χ4n) is 2.13. The SMILES string of the molecule is CCc1ccccc1NC(=O)[C@@H](C)Oc1ccc(Cl)c(C)c1. The molecule has 0 heterocycles. The van der Waals surface area contributed by atoms with Gasteiger partial charge in [-0.15, -0.1) is 0 Å². The van der Waals surface area contributed by atoms with E-state index in [9.17, 15) is 4.79 Å². The molecule has 2 aromatic carbocycles. The number of anilines is 1. The predicted octanol–water partition coefficient (Wildman–Crippen LogP) is 4.62. The average Bonchev–Trinajstić information content (AvgIpc) is 2.51. The van der Waals surface area contributed by atoms with Crippen molar-refractivity contribution in [2.24, 2.45) is 0 Å². The second-order valence-corrected chi connectivity index (χ2v) is 5.58. The van der Waals surface area contributed by atoms with Gasteiger partial charge in [-0.3, -0.25) is 4.79 Å². The summed E-state index contributed by atoms with van der Waals surface area (Å²) in [4.78, 5) is 12.3. The van der Waals surface area contributed by atoms with Crippen molar-refractivity contribution < 1.29 is 9.53 Å². The summed E-state index contributed by atoms with van der Waals surface area (Å²) >= 11 is 5.99. The Balaban J connectivity index is 2.04. The maximum absolute atomic E-state index is 12.3. The molecule has 0 radical (unpaired) electrons. The lowest BCUT2D eigenvalue weighted by Gasteiger charge is -2.16. The minimum atomic E-state index is -0.592. The summed E-state index contributed by atoms with van der Waals surface area (Å²) < 4.78 is 5.69. The number of aryl methyl sites for hydroxylation is 2. The van der Waals surface area contributed by atoms with Crippen LogP contribution in [0.3, 0.4) is 0 Å². The van der Waals surface area contributed by atoms with Crippen LogP contribution >= 0.6 is 11.6 Å². The second-order valence-electron chi connectivity index (χ2n) is 5.17. The van der Waals surface area contributed by atoms with Gasteiger partial charge < -0.3 is 10.1 Å². The highest BCUT2D eigenvalue weighted by molar-refractivity contribution is 6.31. The molecule has 3 nitrogen and oxygen atoms in total. The standard InChI is InChI=1S/C18H20ClNO2/c1-4-14-7-5-6-8-17(14)20-18(21)13(3)22-15-9-10-16(19)12(2)11-15/h5-11,13H,4H2,1-3H3,(H,20,21)/t13-/m1/s1. The number of amides is 1. The van der Waals surface area contributed by atoms with Gasteiger partial charge in [0.1, 0.15) is 5.75 Å². The molecule has 0 aromatic heterocycles. The third-order valence-corrected chi connectivity index (χ3v) is 3.89. The van der Waals surface area contributed by atoms with Crippen LogP contribution in [0.5, 0.6) is 5.75 Å². The van der Waals surface area contributed by atoms with Crippen LogP contribution in [0, 0.1) is 6.92 Å². The first kappa shape index (κ1) is 16.4. The summed E-state index contributed by atoms with van der Waals surface area (Å²) in [5, 5.41) is 3.60. The molecule has 0 aliphatic rings. The van der Waals surface area contributed by atoms with Crippen LogP contribution in [0.15, 0.2) is 42.5 Å². The number of halogens is 1. The molecule has 116 valence electrons. The van der Waals surface area contributed by atoms with Crippen molar-refractivity contribution >= 4 is 23.2 Å². The van der Waals surface area contributed by atoms with Crippen LogP contribution in [0.25, 0.3) is 0 Å². The van der Waals surface area contributed by atoms with Gasteiger partial charge in [-0.05, 0) is 55.7 Å². The van der Waals surface area contributed by atoms with Gasteiger partial charge in [0, 0.05) is 10.7 Å². The lowest BCUT2D eigenvalue weighted by Crippen LogP contribution is -2.30. The van der Waals surface area contributed by atoms with E-state index in [2.05, 4.69) is 12.2 Å². The number of hydrogen-bond donors (Lipinski definition) is 1. The molecule has 2 rings (SSSR count). The zero-order valence-corrected chi connectivity index (χ0v) is 13.8. The van der Waals surface area contributed by atoms with Gasteiger partial charge in [0.2, 0.25) is 0 Å². The highest BCUT2D eigenvalue weighted by Crippen LogP contribution is 2.22. The minimum Gasteiger partial charge on any atom is -0.481 e. The summed E-state index contributed by atoms with van der Waals surface area (Å²) in [6, 6.07) is 13.1. The molecule has 1 N–H and O–H groups in total. The lowest BCUT2D eigenvalue weighted by molar-refractivity contribution is -0.122. The summed E-state index contributed by atoms with van der Waals surface area (Å²) in [7, 11) is 0. The van der Waals surface area contributed by atoms with E-state index in [0.29, 0.717) is 10.8 Å². The number of carbonyl (C=O) groups is 1. The molecule has 2 aromatic rings. The number of para-hydroxylation sites is 1. The van der Waals surface area contributed by atoms with E-state index in [4.69, 9.17) is 16.3 Å². The highest BCUT2D eigenvalue weighted by atomic mass is 35.5. The first-order valence-corrected chi connectivity index (χ1v) is 7.70. The van der Waals surface area contributed by atoms with Crippen molar-refractivity contribution in [3.63, 3.8) is 0 Å². The molecule has 0 aliphatic heterocycles. The number of rotatable bonds is 5. The Morgan fingerprint density at radius 2 is 2.00 bits per heavy atom. The Labute approximate surface area is 136 Å². The quantitative estimate of drug-likeness (QED) is 0.874. The number of hydrogen-bond acceptors (Lipinski definition) is 2. The lowest BCUT2D eigenvalue weighted by atomic mass is 10.1. The number of carbonyl (C=O) groups excluding carboxylic acids is 1. The smallest absolute Gasteiger partial charge is 0.265 e. The average molecular weight is 318 g/mol. The van der Waals surface area contributed by atoms with Gasteiger partial charge in [0.15, 0.2) is 6.10 Å². The molecule has 0 aliphatic carbocycles. The van der Waals surface area contributed by atoms with Crippen molar-refractivity contribution in [1.29, 1.82) is 0 Å². The molecule has 0 unspecified atom stereocenters. The summed E-state index contributed by atoms with van der Waals surface area (Å²) in [5.41, 5.74) is 2.85. The summed E-state index contributed by atoms with van der Waals surface area (Å²) in [6.07, 6.45) is 0.271. The summed E-state index contributed by atoms with van der Waals surface area (Å²) in [6.45, 7) is 5.69. The Morgan fingerprint density at radius 3 is 2.68 bits per heavy atom. The van der Waals surface area contributed by atoms with Gasteiger partial charge in [0.05, 0.1) is 0 Å². The molecule has 1 atom stereocenters. The maximum Gasteiger partial charge on any atom is 0.265 e. The van der Waals surface area contributed by atoms with E-state index in [0.717, 1.165) is 23.2 Å². The molecule has 0 bridgehead atoms. The Hall–Kier alpha value is -2.00. The minimum absolute atomic E-state index is 0.173. The van der Waals surface area contributed by atoms with E-state index < -0.39 is 6.10 Å². The largest absolute Gasteiger partial charge is 0.481 e. The van der Waals surface area contributed by atoms with Crippen LogP contribution in [-0.2, 0) is 11.2 Å². The van der Waals surface area contributed by atoms with Gasteiger partial charge in [0.25, 0.3) is 5.91 Å². The molecule has 4 heteroatoms. The first-order chi connectivity index (χ1) is 10.5. The normalized spacial score (nSPS) is 11.8. The van der Waals surface area contributed by atoms with E-state index in [1.165, 1.54) is 0 Å². The van der Waals surface area contributed by atoms with Gasteiger partial charge in [-0.1, -0.05) is 36.7 Å². The number of benzene rings is 2. The molecule has 0 saturated carbocycles. The van der Waals surface area contributed by atoms with Gasteiger partial charge >= 0.3 is 0 Å².